The van der Waals surface area contributed by atoms with Gasteiger partial charge in [-0.25, -0.2) is 0 Å². The lowest BCUT2D eigenvalue weighted by molar-refractivity contribution is 0.881. The molecule has 0 saturated carbocycles. The van der Waals surface area contributed by atoms with Gasteiger partial charge in [-0.1, -0.05) is 161 Å². The second kappa shape index (κ2) is 18.8. The third-order valence-electron chi connectivity index (χ3n) is 9.40. The number of nitrogens with zero attached hydrogens (tertiary/aromatic N) is 1. The highest BCUT2D eigenvalue weighted by Crippen LogP contribution is 2.41. The first kappa shape index (κ1) is 38.8. The third-order valence-corrected chi connectivity index (χ3v) is 9.40. The van der Waals surface area contributed by atoms with Crippen molar-refractivity contribution in [3.05, 3.63) is 173 Å². The molecule has 0 atom stereocenters. The molecule has 0 fully saturated rings. The van der Waals surface area contributed by atoms with E-state index in [1.165, 1.54) is 71.7 Å². The van der Waals surface area contributed by atoms with Gasteiger partial charge in [0.15, 0.2) is 0 Å². The zero-order valence-electron chi connectivity index (χ0n) is 32.5. The molecule has 0 N–H and O–H groups in total. The molecule has 0 saturated heterocycles. The number of allylic oxidation sites excluding steroid dienone is 14. The Kier molecular flexibility index (Phi) is 14.3. The molecule has 51 heavy (non-hydrogen) atoms. The molecule has 0 aliphatic heterocycles. The van der Waals surface area contributed by atoms with E-state index in [1.54, 1.807) is 0 Å². The average molecular weight is 672 g/mol. The Bertz CT molecular complexity index is 2090. The van der Waals surface area contributed by atoms with Crippen LogP contribution in [0.5, 0.6) is 0 Å². The maximum absolute atomic E-state index is 5.23. The van der Waals surface area contributed by atoms with E-state index in [2.05, 4.69) is 184 Å². The van der Waals surface area contributed by atoms with Gasteiger partial charge in [0.2, 0.25) is 0 Å². The van der Waals surface area contributed by atoms with E-state index in [0.717, 1.165) is 30.7 Å². The number of fused-ring (bicyclic) bond motifs is 2. The highest BCUT2D eigenvalue weighted by atomic mass is 14.8. The highest BCUT2D eigenvalue weighted by Gasteiger charge is 2.17. The van der Waals surface area contributed by atoms with Gasteiger partial charge in [-0.3, -0.25) is 4.99 Å². The maximum Gasteiger partial charge on any atom is 0.0619 e. The predicted molar refractivity (Wildman–Crippen MR) is 230 cm³/mol. The quantitative estimate of drug-likeness (QED) is 0.0719. The van der Waals surface area contributed by atoms with Crippen molar-refractivity contribution in [3.63, 3.8) is 0 Å². The predicted octanol–water partition coefficient (Wildman–Crippen LogP) is 15.1. The van der Waals surface area contributed by atoms with Crippen molar-refractivity contribution in [1.29, 1.82) is 0 Å². The van der Waals surface area contributed by atoms with Gasteiger partial charge in [-0.2, -0.15) is 0 Å². The monoisotopic (exact) mass is 671 g/mol. The van der Waals surface area contributed by atoms with E-state index in [4.69, 9.17) is 4.99 Å². The van der Waals surface area contributed by atoms with E-state index in [0.29, 0.717) is 5.92 Å². The lowest BCUT2D eigenvalue weighted by atomic mass is 9.84. The van der Waals surface area contributed by atoms with Gasteiger partial charge in [-0.05, 0) is 132 Å². The Labute approximate surface area is 308 Å². The van der Waals surface area contributed by atoms with E-state index >= 15 is 0 Å². The van der Waals surface area contributed by atoms with Crippen LogP contribution >= 0.6 is 0 Å². The van der Waals surface area contributed by atoms with Crippen LogP contribution in [0, 0.1) is 5.92 Å². The van der Waals surface area contributed by atoms with E-state index in [9.17, 15) is 0 Å². The molecule has 1 heteroatoms. The summed E-state index contributed by atoms with van der Waals surface area (Å²) in [5, 5.41) is 5.14. The molecule has 0 aliphatic carbocycles. The van der Waals surface area contributed by atoms with Gasteiger partial charge in [-0.15, -0.1) is 0 Å². The zero-order chi connectivity index (χ0) is 36.9. The zero-order valence-corrected chi connectivity index (χ0v) is 32.5. The Morgan fingerprint density at radius 2 is 1.41 bits per heavy atom. The molecular formula is C50H57N. The fourth-order valence-corrected chi connectivity index (χ4v) is 6.73. The van der Waals surface area contributed by atoms with Gasteiger partial charge in [0, 0.05) is 0 Å². The van der Waals surface area contributed by atoms with Crippen molar-refractivity contribution in [3.8, 4) is 0 Å². The summed E-state index contributed by atoms with van der Waals surface area (Å²) in [6, 6.07) is 26.5. The SMILES string of the molecule is C=C/C=C\C=C(/C)c1c2ccccc2c(/C(C)=C/CC)c2cc(C(/C=C\C/C(=C/C(N=C(c3ccccc3)C(C)C)=C(C)C)CC)=C/C)ccc12. The van der Waals surface area contributed by atoms with Crippen LogP contribution in [-0.4, -0.2) is 5.71 Å². The summed E-state index contributed by atoms with van der Waals surface area (Å²) in [4.78, 5) is 5.23. The lowest BCUT2D eigenvalue weighted by Gasteiger charge is -2.19. The summed E-state index contributed by atoms with van der Waals surface area (Å²) < 4.78 is 0. The number of hydrogen-bond donors (Lipinski definition) is 0. The average Bonchev–Trinajstić information content (AvgIpc) is 3.13. The fraction of sp³-hybridized carbons (Fsp3) is 0.260. The van der Waals surface area contributed by atoms with E-state index in [1.807, 2.05) is 12.2 Å². The lowest BCUT2D eigenvalue weighted by Crippen LogP contribution is -2.10. The standard InChI is InChI=1S/C50H57N/c1-11-15-17-24-38(10)48-43-29-20-21-30-44(43)49(37(9)23-12-2)46-34-42(31-32-45(46)48)40(14-4)28-22-25-39(13-3)33-47(35(5)6)51-50(36(7)8)41-26-18-16-19-27-41/h11,14-24,26-34,36H,1,12-13,25H2,2-10H3/b17-15-,28-22-,37-23+,38-24+,39-33+,40-14+,51-50?. The molecule has 4 aromatic rings. The van der Waals surface area contributed by atoms with Gasteiger partial charge < -0.3 is 0 Å². The minimum atomic E-state index is 0.323. The van der Waals surface area contributed by atoms with Crippen LogP contribution in [0.1, 0.15) is 104 Å². The van der Waals surface area contributed by atoms with Crippen LogP contribution in [0.3, 0.4) is 0 Å². The maximum atomic E-state index is 5.23. The first-order chi connectivity index (χ1) is 24.6. The van der Waals surface area contributed by atoms with Crippen LogP contribution in [-0.2, 0) is 0 Å². The molecule has 0 unspecified atom stereocenters. The Balaban J connectivity index is 1.78. The smallest absolute Gasteiger partial charge is 0.0619 e. The van der Waals surface area contributed by atoms with E-state index < -0.39 is 0 Å². The van der Waals surface area contributed by atoms with Crippen LogP contribution < -0.4 is 0 Å². The Hall–Kier alpha value is -5.01. The summed E-state index contributed by atoms with van der Waals surface area (Å²) in [6.45, 7) is 23.7. The Morgan fingerprint density at radius 3 is 2.00 bits per heavy atom. The normalized spacial score (nSPS) is 13.7. The van der Waals surface area contributed by atoms with Crippen LogP contribution in [0.15, 0.2) is 156 Å². The first-order valence-corrected chi connectivity index (χ1v) is 18.6. The molecule has 0 heterocycles. The highest BCUT2D eigenvalue weighted by molar-refractivity contribution is 6.16. The van der Waals surface area contributed by atoms with Gasteiger partial charge in [0.1, 0.15) is 0 Å². The number of rotatable bonds is 14. The molecule has 0 spiro atoms. The summed E-state index contributed by atoms with van der Waals surface area (Å²) >= 11 is 0. The number of benzene rings is 4. The number of aliphatic imine (C=N–C) groups is 1. The topological polar surface area (TPSA) is 12.4 Å². The summed E-state index contributed by atoms with van der Waals surface area (Å²) in [5.74, 6) is 0.323. The second-order valence-electron chi connectivity index (χ2n) is 13.7. The molecule has 0 radical (unpaired) electrons. The third kappa shape index (κ3) is 9.62. The fourth-order valence-electron chi connectivity index (χ4n) is 6.73. The molecule has 4 rings (SSSR count). The molecule has 0 aromatic heterocycles. The molecule has 0 bridgehead atoms. The number of hydrogen-bond acceptors (Lipinski definition) is 1. The molecule has 0 aliphatic rings. The Morgan fingerprint density at radius 1 is 0.765 bits per heavy atom. The summed E-state index contributed by atoms with van der Waals surface area (Å²) in [6.07, 6.45) is 22.4. The molecule has 0 amide bonds. The van der Waals surface area contributed by atoms with E-state index in [-0.39, 0.29) is 0 Å². The molecule has 262 valence electrons. The van der Waals surface area contributed by atoms with Crippen molar-refractivity contribution in [2.45, 2.75) is 81.6 Å². The second-order valence-corrected chi connectivity index (χ2v) is 13.7. The van der Waals surface area contributed by atoms with Crippen molar-refractivity contribution in [2.24, 2.45) is 10.9 Å². The van der Waals surface area contributed by atoms with Crippen molar-refractivity contribution < 1.29 is 0 Å². The van der Waals surface area contributed by atoms with Gasteiger partial charge in [0.05, 0.1) is 11.4 Å². The van der Waals surface area contributed by atoms with Gasteiger partial charge >= 0.3 is 0 Å². The molecular weight excluding hydrogens is 615 g/mol. The van der Waals surface area contributed by atoms with Crippen LogP contribution in [0.2, 0.25) is 0 Å². The molecule has 1 nitrogen and oxygen atoms in total. The van der Waals surface area contributed by atoms with Crippen molar-refractivity contribution >= 4 is 44.0 Å². The van der Waals surface area contributed by atoms with Crippen molar-refractivity contribution in [1.82, 2.24) is 0 Å². The minimum Gasteiger partial charge on any atom is -0.253 e. The minimum absolute atomic E-state index is 0.323. The van der Waals surface area contributed by atoms with Crippen molar-refractivity contribution in [2.75, 3.05) is 0 Å². The van der Waals surface area contributed by atoms with Crippen LogP contribution in [0.4, 0.5) is 0 Å². The first-order valence-electron chi connectivity index (χ1n) is 18.6. The summed E-state index contributed by atoms with van der Waals surface area (Å²) in [7, 11) is 0. The summed E-state index contributed by atoms with van der Waals surface area (Å²) in [5.41, 5.74) is 13.6. The molecule has 4 aromatic carbocycles. The largest absolute Gasteiger partial charge is 0.253 e. The van der Waals surface area contributed by atoms with Gasteiger partial charge in [0.25, 0.3) is 0 Å². The van der Waals surface area contributed by atoms with Crippen LogP contribution in [0.25, 0.3) is 38.3 Å².